The second kappa shape index (κ2) is 6.40. The van der Waals surface area contributed by atoms with Crippen LogP contribution in [-0.4, -0.2) is 35.1 Å². The van der Waals surface area contributed by atoms with Gasteiger partial charge in [0.1, 0.15) is 6.10 Å². The van der Waals surface area contributed by atoms with Crippen LogP contribution in [0.2, 0.25) is 0 Å². The zero-order valence-electron chi connectivity index (χ0n) is 8.45. The molecule has 0 unspecified atom stereocenters. The van der Waals surface area contributed by atoms with E-state index in [0.717, 1.165) is 11.5 Å². The molecule has 0 spiro atoms. The third kappa shape index (κ3) is 4.42. The second-order valence-corrected chi connectivity index (χ2v) is 5.61. The molecule has 1 rings (SSSR count). The van der Waals surface area contributed by atoms with Gasteiger partial charge in [0.2, 0.25) is 0 Å². The van der Waals surface area contributed by atoms with Crippen LogP contribution in [0.3, 0.4) is 0 Å². The van der Waals surface area contributed by atoms with Crippen molar-refractivity contribution >= 4 is 29.5 Å². The highest BCUT2D eigenvalue weighted by Gasteiger charge is 2.16. The molecule has 1 fully saturated rings. The van der Waals surface area contributed by atoms with E-state index in [2.05, 4.69) is 6.58 Å². The van der Waals surface area contributed by atoms with Crippen molar-refractivity contribution in [3.05, 3.63) is 12.2 Å². The van der Waals surface area contributed by atoms with Gasteiger partial charge in [0.25, 0.3) is 0 Å². The molecule has 0 aliphatic carbocycles. The topological polar surface area (TPSA) is 26.3 Å². The second-order valence-electron chi connectivity index (χ2n) is 3.31. The van der Waals surface area contributed by atoms with Crippen molar-refractivity contribution in [3.63, 3.8) is 0 Å². The zero-order valence-corrected chi connectivity index (χ0v) is 10.1. The summed E-state index contributed by atoms with van der Waals surface area (Å²) >= 11 is 3.74. The molecule has 0 aromatic carbocycles. The molecule has 0 amide bonds. The van der Waals surface area contributed by atoms with Crippen LogP contribution >= 0.6 is 23.5 Å². The van der Waals surface area contributed by atoms with E-state index in [1.165, 1.54) is 17.9 Å². The molecule has 4 heteroatoms. The van der Waals surface area contributed by atoms with Gasteiger partial charge in [-0.3, -0.25) is 0 Å². The van der Waals surface area contributed by atoms with E-state index in [1.807, 2.05) is 23.5 Å². The number of rotatable bonds is 2. The number of hydrogen-bond acceptors (Lipinski definition) is 4. The average molecular weight is 232 g/mol. The molecule has 1 aliphatic heterocycles. The quantitative estimate of drug-likeness (QED) is 0.539. The smallest absolute Gasteiger partial charge is 0.333 e. The normalized spacial score (nSPS) is 19.5. The van der Waals surface area contributed by atoms with Crippen molar-refractivity contribution in [2.24, 2.45) is 0 Å². The van der Waals surface area contributed by atoms with Gasteiger partial charge in [-0.2, -0.15) is 23.5 Å². The van der Waals surface area contributed by atoms with Crippen LogP contribution in [0.4, 0.5) is 0 Å². The molecular weight excluding hydrogens is 216 g/mol. The van der Waals surface area contributed by atoms with Gasteiger partial charge in [0, 0.05) is 17.1 Å². The molecule has 1 aliphatic rings. The van der Waals surface area contributed by atoms with E-state index >= 15 is 0 Å². The van der Waals surface area contributed by atoms with Crippen LogP contribution in [-0.2, 0) is 9.53 Å². The lowest BCUT2D eigenvalue weighted by atomic mass is 10.3. The first-order chi connectivity index (χ1) is 6.70. The minimum atomic E-state index is -0.253. The summed E-state index contributed by atoms with van der Waals surface area (Å²) in [6, 6.07) is 0. The minimum absolute atomic E-state index is 0.0644. The predicted octanol–water partition coefficient (Wildman–Crippen LogP) is 2.34. The fourth-order valence-electron chi connectivity index (χ4n) is 1.06. The van der Waals surface area contributed by atoms with Crippen molar-refractivity contribution in [2.45, 2.75) is 19.4 Å². The maximum absolute atomic E-state index is 11.3. The fourth-order valence-corrected chi connectivity index (χ4v) is 3.32. The van der Waals surface area contributed by atoms with Gasteiger partial charge in [-0.1, -0.05) is 6.58 Å². The number of hydrogen-bond donors (Lipinski definition) is 0. The van der Waals surface area contributed by atoms with Gasteiger partial charge in [-0.05, 0) is 24.9 Å². The Morgan fingerprint density at radius 1 is 1.36 bits per heavy atom. The molecule has 0 atom stereocenters. The maximum Gasteiger partial charge on any atom is 0.333 e. The van der Waals surface area contributed by atoms with E-state index in [0.29, 0.717) is 5.57 Å². The van der Waals surface area contributed by atoms with Crippen LogP contribution in [0.1, 0.15) is 13.3 Å². The van der Waals surface area contributed by atoms with Crippen molar-refractivity contribution in [1.82, 2.24) is 0 Å². The van der Waals surface area contributed by atoms with Crippen LogP contribution in [0.5, 0.6) is 0 Å². The van der Waals surface area contributed by atoms with E-state index in [4.69, 9.17) is 4.74 Å². The van der Waals surface area contributed by atoms with Crippen molar-refractivity contribution in [3.8, 4) is 0 Å². The molecule has 14 heavy (non-hydrogen) atoms. The standard InChI is InChI=1S/C10H16O2S2/c1-8(2)10(11)12-9-6-13-4-3-5-14-7-9/h9H,1,3-7H2,2H3. The third-order valence-electron chi connectivity index (χ3n) is 1.81. The highest BCUT2D eigenvalue weighted by Crippen LogP contribution is 2.18. The van der Waals surface area contributed by atoms with Crippen LogP contribution in [0.25, 0.3) is 0 Å². The lowest BCUT2D eigenvalue weighted by Gasteiger charge is -2.19. The van der Waals surface area contributed by atoms with Gasteiger partial charge < -0.3 is 4.74 Å². The summed E-state index contributed by atoms with van der Waals surface area (Å²) in [7, 11) is 0. The molecule has 0 aromatic heterocycles. The first-order valence-corrected chi connectivity index (χ1v) is 7.03. The summed E-state index contributed by atoms with van der Waals surface area (Å²) in [6.07, 6.45) is 1.32. The zero-order chi connectivity index (χ0) is 10.4. The maximum atomic E-state index is 11.3. The summed E-state index contributed by atoms with van der Waals surface area (Å²) in [5, 5.41) is 0. The van der Waals surface area contributed by atoms with Gasteiger partial charge in [-0.15, -0.1) is 0 Å². The fraction of sp³-hybridized carbons (Fsp3) is 0.700. The van der Waals surface area contributed by atoms with Crippen molar-refractivity contribution < 1.29 is 9.53 Å². The van der Waals surface area contributed by atoms with E-state index in [-0.39, 0.29) is 12.1 Å². The Kier molecular flexibility index (Phi) is 5.48. The van der Waals surface area contributed by atoms with Crippen LogP contribution in [0.15, 0.2) is 12.2 Å². The lowest BCUT2D eigenvalue weighted by Crippen LogP contribution is -2.24. The average Bonchev–Trinajstić information content (AvgIpc) is 2.08. The Bertz CT molecular complexity index is 208. The Labute approximate surface area is 93.8 Å². The van der Waals surface area contributed by atoms with E-state index in [9.17, 15) is 4.79 Å². The molecule has 0 aromatic rings. The van der Waals surface area contributed by atoms with E-state index in [1.54, 1.807) is 6.92 Å². The largest absolute Gasteiger partial charge is 0.457 e. The molecule has 2 nitrogen and oxygen atoms in total. The van der Waals surface area contributed by atoms with Gasteiger partial charge in [-0.25, -0.2) is 4.79 Å². The van der Waals surface area contributed by atoms with Gasteiger partial charge in [0.05, 0.1) is 0 Å². The summed E-state index contributed by atoms with van der Waals surface area (Å²) < 4.78 is 5.31. The van der Waals surface area contributed by atoms with Crippen molar-refractivity contribution in [1.29, 1.82) is 0 Å². The Hall–Kier alpha value is -0.0900. The molecule has 1 saturated heterocycles. The van der Waals surface area contributed by atoms with Crippen molar-refractivity contribution in [2.75, 3.05) is 23.0 Å². The summed E-state index contributed by atoms with van der Waals surface area (Å²) in [6.45, 7) is 5.26. The first-order valence-electron chi connectivity index (χ1n) is 4.72. The van der Waals surface area contributed by atoms with Crippen LogP contribution < -0.4 is 0 Å². The predicted molar refractivity (Wildman–Crippen MR) is 64.0 cm³/mol. The number of thioether (sulfide) groups is 2. The molecule has 0 radical (unpaired) electrons. The Balaban J connectivity index is 2.33. The molecule has 1 heterocycles. The Morgan fingerprint density at radius 3 is 2.43 bits per heavy atom. The van der Waals surface area contributed by atoms with E-state index < -0.39 is 0 Å². The van der Waals surface area contributed by atoms with Gasteiger partial charge >= 0.3 is 5.97 Å². The third-order valence-corrected chi connectivity index (χ3v) is 4.18. The summed E-state index contributed by atoms with van der Waals surface area (Å²) in [4.78, 5) is 11.3. The minimum Gasteiger partial charge on any atom is -0.457 e. The molecular formula is C10H16O2S2. The number of ether oxygens (including phenoxy) is 1. The molecule has 0 bridgehead atoms. The molecule has 80 valence electrons. The highest BCUT2D eigenvalue weighted by atomic mass is 32.2. The summed E-state index contributed by atoms with van der Waals surface area (Å²) in [5.41, 5.74) is 0.488. The molecule has 0 saturated carbocycles. The first kappa shape index (κ1) is 12.0. The number of esters is 1. The number of carbonyl (C=O) groups excluding carboxylic acids is 1. The lowest BCUT2D eigenvalue weighted by molar-refractivity contribution is -0.142. The SMILES string of the molecule is C=C(C)C(=O)OC1CSCCCSC1. The highest BCUT2D eigenvalue weighted by molar-refractivity contribution is 8.00. The summed E-state index contributed by atoms with van der Waals surface area (Å²) in [5.74, 6) is 3.94. The molecule has 0 N–H and O–H groups in total. The Morgan fingerprint density at radius 2 is 1.93 bits per heavy atom. The monoisotopic (exact) mass is 232 g/mol. The number of carbonyl (C=O) groups is 1. The van der Waals surface area contributed by atoms with Gasteiger partial charge in [0.15, 0.2) is 0 Å². The van der Waals surface area contributed by atoms with Crippen LogP contribution in [0, 0.1) is 0 Å².